The lowest BCUT2D eigenvalue weighted by Gasteiger charge is -2.52. The van der Waals surface area contributed by atoms with Crippen molar-refractivity contribution in [3.63, 3.8) is 0 Å². The number of carbonyl (C=O) groups is 3. The van der Waals surface area contributed by atoms with Gasteiger partial charge < -0.3 is 20.1 Å². The molecule has 0 bridgehead atoms. The van der Waals surface area contributed by atoms with Gasteiger partial charge in [-0.15, -0.1) is 11.8 Å². The molecule has 0 spiro atoms. The predicted octanol–water partition coefficient (Wildman–Crippen LogP) is -0.406. The van der Waals surface area contributed by atoms with E-state index in [1.807, 2.05) is 0 Å². The van der Waals surface area contributed by atoms with Gasteiger partial charge in [0.25, 0.3) is 0 Å². The van der Waals surface area contributed by atoms with Crippen LogP contribution in [0.3, 0.4) is 0 Å². The van der Waals surface area contributed by atoms with Gasteiger partial charge in [-0.2, -0.15) is 0 Å². The minimum Gasteiger partial charge on any atom is -0.464 e. The number of nitrogens with zero attached hydrogens (tertiary/aromatic N) is 1. The molecule has 0 aromatic heterocycles. The molecular formula is C14H23N3O6S. The van der Waals surface area contributed by atoms with E-state index in [4.69, 9.17) is 9.57 Å². The summed E-state index contributed by atoms with van der Waals surface area (Å²) >= 11 is 1.22. The number of esters is 1. The van der Waals surface area contributed by atoms with Crippen molar-refractivity contribution in [2.45, 2.75) is 50.3 Å². The van der Waals surface area contributed by atoms with Gasteiger partial charge in [0.2, 0.25) is 5.91 Å². The van der Waals surface area contributed by atoms with E-state index < -0.39 is 29.2 Å². The maximum Gasteiger partial charge on any atom is 0.340 e. The number of amides is 3. The van der Waals surface area contributed by atoms with Gasteiger partial charge >= 0.3 is 12.0 Å². The summed E-state index contributed by atoms with van der Waals surface area (Å²) < 4.78 is 4.85. The maximum atomic E-state index is 12.2. The molecule has 3 atom stereocenters. The molecule has 24 heavy (non-hydrogen) atoms. The number of nitrogens with one attached hydrogen (secondary N) is 2. The molecule has 3 N–H and O–H groups in total. The largest absolute Gasteiger partial charge is 0.464 e. The molecule has 0 aliphatic carbocycles. The van der Waals surface area contributed by atoms with Crippen LogP contribution in [-0.4, -0.2) is 69.4 Å². The second-order valence-electron chi connectivity index (χ2n) is 6.69. The molecule has 0 radical (unpaired) electrons. The lowest BCUT2D eigenvalue weighted by molar-refractivity contribution is -0.171. The fraction of sp³-hybridized carbons (Fsp3) is 0.786. The van der Waals surface area contributed by atoms with Crippen LogP contribution in [0.25, 0.3) is 0 Å². The molecule has 0 saturated carbocycles. The zero-order valence-corrected chi connectivity index (χ0v) is 14.9. The summed E-state index contributed by atoms with van der Waals surface area (Å²) in [5, 5.41) is 12.6. The molecule has 2 fully saturated rings. The average molecular weight is 361 g/mol. The van der Waals surface area contributed by atoms with Crippen molar-refractivity contribution in [1.82, 2.24) is 15.7 Å². The first-order chi connectivity index (χ1) is 11.1. The first kappa shape index (κ1) is 18.8. The van der Waals surface area contributed by atoms with Crippen LogP contribution in [0.2, 0.25) is 0 Å². The number of fused-ring (bicyclic) bond motifs is 1. The van der Waals surface area contributed by atoms with E-state index in [0.717, 1.165) is 0 Å². The van der Waals surface area contributed by atoms with Gasteiger partial charge in [0.1, 0.15) is 11.4 Å². The number of carbonyl (C=O) groups excluding carboxylic acids is 3. The van der Waals surface area contributed by atoms with Crippen LogP contribution < -0.4 is 10.8 Å². The Kier molecular flexibility index (Phi) is 5.31. The zero-order valence-electron chi connectivity index (χ0n) is 14.1. The topological polar surface area (TPSA) is 117 Å². The fourth-order valence-corrected chi connectivity index (χ4v) is 3.71. The second-order valence-corrected chi connectivity index (χ2v) is 7.79. The number of urea groups is 1. The van der Waals surface area contributed by atoms with Crippen molar-refractivity contribution in [3.05, 3.63) is 0 Å². The van der Waals surface area contributed by atoms with Crippen molar-refractivity contribution < 1.29 is 29.1 Å². The molecule has 9 nitrogen and oxygen atoms in total. The molecule has 10 heteroatoms. The highest BCUT2D eigenvalue weighted by molar-refractivity contribution is 8.00. The Hall–Kier alpha value is -1.52. The number of thioether (sulfide) groups is 1. The van der Waals surface area contributed by atoms with Crippen molar-refractivity contribution in [3.8, 4) is 0 Å². The SMILES string of the molecule is CCOC(=O)C1(O)CS[C@@H]2C(NC(=O)NOC(C)(C)C)C(=O)N2C1. The predicted molar refractivity (Wildman–Crippen MR) is 85.8 cm³/mol. The van der Waals surface area contributed by atoms with E-state index >= 15 is 0 Å². The monoisotopic (exact) mass is 361 g/mol. The van der Waals surface area contributed by atoms with Gasteiger partial charge in [-0.25, -0.2) is 15.1 Å². The highest BCUT2D eigenvalue weighted by atomic mass is 32.2. The first-order valence-corrected chi connectivity index (χ1v) is 8.68. The van der Waals surface area contributed by atoms with Crippen molar-refractivity contribution >= 4 is 29.7 Å². The summed E-state index contributed by atoms with van der Waals surface area (Å²) in [7, 11) is 0. The van der Waals surface area contributed by atoms with Crippen molar-refractivity contribution in [2.24, 2.45) is 0 Å². The van der Waals surface area contributed by atoms with E-state index in [0.29, 0.717) is 0 Å². The Morgan fingerprint density at radius 1 is 1.46 bits per heavy atom. The Labute approximate surface area is 144 Å². The third-order valence-corrected chi connectivity index (χ3v) is 4.97. The van der Waals surface area contributed by atoms with Crippen LogP contribution in [0.15, 0.2) is 0 Å². The number of hydroxylamine groups is 1. The molecule has 2 rings (SSSR count). The van der Waals surface area contributed by atoms with E-state index in [2.05, 4.69) is 10.8 Å². The van der Waals surface area contributed by atoms with Crippen molar-refractivity contribution in [2.75, 3.05) is 18.9 Å². The third kappa shape index (κ3) is 3.93. The maximum absolute atomic E-state index is 12.2. The quantitative estimate of drug-likeness (QED) is 0.354. The number of hydrogen-bond donors (Lipinski definition) is 3. The van der Waals surface area contributed by atoms with Crippen LogP contribution in [0, 0.1) is 0 Å². The Balaban J connectivity index is 1.89. The zero-order chi connectivity index (χ0) is 18.1. The molecule has 2 saturated heterocycles. The van der Waals surface area contributed by atoms with E-state index in [1.54, 1.807) is 27.7 Å². The summed E-state index contributed by atoms with van der Waals surface area (Å²) in [4.78, 5) is 42.3. The molecule has 136 valence electrons. The van der Waals surface area contributed by atoms with E-state index in [1.165, 1.54) is 16.7 Å². The first-order valence-electron chi connectivity index (χ1n) is 7.63. The smallest absolute Gasteiger partial charge is 0.340 e. The summed E-state index contributed by atoms with van der Waals surface area (Å²) in [5.74, 6) is -1.00. The van der Waals surface area contributed by atoms with Gasteiger partial charge in [0.05, 0.1) is 18.8 Å². The Morgan fingerprint density at radius 2 is 2.12 bits per heavy atom. The second kappa shape index (κ2) is 6.77. The molecule has 2 unspecified atom stereocenters. The summed E-state index contributed by atoms with van der Waals surface area (Å²) in [6.07, 6.45) is 0. The van der Waals surface area contributed by atoms with Crippen LogP contribution in [0.1, 0.15) is 27.7 Å². The molecule has 2 aliphatic heterocycles. The standard InChI is InChI=1S/C14H23N3O6S/c1-5-22-11(19)14(21)6-17-9(18)8(10(17)24-7-14)15-12(20)16-23-13(2,3)4/h8,10,21H,5-7H2,1-4H3,(H2,15,16,20)/t8?,10-,14?/m1/s1. The van der Waals surface area contributed by atoms with Crippen LogP contribution in [-0.2, 0) is 19.2 Å². The van der Waals surface area contributed by atoms with Crippen molar-refractivity contribution in [1.29, 1.82) is 0 Å². The fourth-order valence-electron chi connectivity index (χ4n) is 2.32. The van der Waals surface area contributed by atoms with Crippen LogP contribution in [0.5, 0.6) is 0 Å². The van der Waals surface area contributed by atoms with Gasteiger partial charge in [0.15, 0.2) is 5.60 Å². The molecule has 2 heterocycles. The third-order valence-electron chi connectivity index (χ3n) is 3.46. The highest BCUT2D eigenvalue weighted by Gasteiger charge is 2.57. The number of β-lactam (4-membered cyclic amide) rings is 1. The summed E-state index contributed by atoms with van der Waals surface area (Å²) in [6, 6.07) is -1.33. The lowest BCUT2D eigenvalue weighted by atomic mass is 9.99. The normalized spacial score (nSPS) is 29.4. The van der Waals surface area contributed by atoms with Gasteiger partial charge in [-0.3, -0.25) is 9.63 Å². The van der Waals surface area contributed by atoms with Gasteiger partial charge in [0, 0.05) is 5.75 Å². The number of aliphatic hydroxyl groups is 1. The minimum absolute atomic E-state index is 0.0958. The minimum atomic E-state index is -1.71. The van der Waals surface area contributed by atoms with E-state index in [9.17, 15) is 19.5 Å². The van der Waals surface area contributed by atoms with Gasteiger partial charge in [-0.05, 0) is 27.7 Å². The molecule has 2 aliphatic rings. The van der Waals surface area contributed by atoms with Crippen LogP contribution >= 0.6 is 11.8 Å². The summed E-state index contributed by atoms with van der Waals surface area (Å²) in [6.45, 7) is 6.99. The van der Waals surface area contributed by atoms with Gasteiger partial charge in [-0.1, -0.05) is 0 Å². The number of rotatable bonds is 4. The summed E-state index contributed by atoms with van der Waals surface area (Å²) in [5.41, 5.74) is -0.0303. The lowest BCUT2D eigenvalue weighted by Crippen LogP contribution is -2.75. The highest BCUT2D eigenvalue weighted by Crippen LogP contribution is 2.38. The van der Waals surface area contributed by atoms with E-state index in [-0.39, 0.29) is 30.2 Å². The van der Waals surface area contributed by atoms with Crippen LogP contribution in [0.4, 0.5) is 4.79 Å². The number of ether oxygens (including phenoxy) is 1. The Morgan fingerprint density at radius 3 is 2.71 bits per heavy atom. The average Bonchev–Trinajstić information content (AvgIpc) is 2.50. The molecular weight excluding hydrogens is 338 g/mol. The number of hydrogen-bond acceptors (Lipinski definition) is 7. The Bertz CT molecular complexity index is 537. The molecule has 3 amide bonds. The molecule has 0 aromatic carbocycles. The molecule has 0 aromatic rings.